The van der Waals surface area contributed by atoms with Crippen LogP contribution >= 0.6 is 11.6 Å². The SMILES string of the molecule is C#CC=Nc1cccc(C(Cl)c2ccc(C)cc2)c1C. The maximum Gasteiger partial charge on any atom is 0.0838 e. The number of alkyl halides is 1. The summed E-state index contributed by atoms with van der Waals surface area (Å²) in [6.07, 6.45) is 6.66. The first kappa shape index (κ1) is 14.4. The van der Waals surface area contributed by atoms with Gasteiger partial charge in [-0.25, -0.2) is 4.99 Å². The van der Waals surface area contributed by atoms with Gasteiger partial charge in [-0.15, -0.1) is 18.0 Å². The highest BCUT2D eigenvalue weighted by Crippen LogP contribution is 2.34. The topological polar surface area (TPSA) is 12.4 Å². The van der Waals surface area contributed by atoms with E-state index in [1.807, 2.05) is 25.1 Å². The summed E-state index contributed by atoms with van der Waals surface area (Å²) in [6, 6.07) is 14.2. The van der Waals surface area contributed by atoms with Crippen molar-refractivity contribution in [2.24, 2.45) is 4.99 Å². The summed E-state index contributed by atoms with van der Waals surface area (Å²) in [5.74, 6) is 2.41. The van der Waals surface area contributed by atoms with Crippen LogP contribution in [0.1, 0.15) is 27.6 Å². The number of aliphatic imine (C=N–C) groups is 1. The molecule has 0 saturated carbocycles. The highest BCUT2D eigenvalue weighted by molar-refractivity contribution is 6.22. The molecule has 0 saturated heterocycles. The molecule has 0 fully saturated rings. The van der Waals surface area contributed by atoms with Gasteiger partial charge in [0.1, 0.15) is 0 Å². The number of rotatable bonds is 3. The molecule has 20 heavy (non-hydrogen) atoms. The van der Waals surface area contributed by atoms with Gasteiger partial charge in [-0.05, 0) is 36.6 Å². The second kappa shape index (κ2) is 6.41. The molecule has 2 heteroatoms. The maximum atomic E-state index is 6.60. The fraction of sp³-hybridized carbons (Fsp3) is 0.167. The summed E-state index contributed by atoms with van der Waals surface area (Å²) in [4.78, 5) is 4.26. The van der Waals surface area contributed by atoms with Crippen LogP contribution in [0.5, 0.6) is 0 Å². The first-order valence-electron chi connectivity index (χ1n) is 6.42. The number of nitrogens with zero attached hydrogens (tertiary/aromatic N) is 1. The summed E-state index contributed by atoms with van der Waals surface area (Å²) in [6.45, 7) is 4.08. The van der Waals surface area contributed by atoms with Crippen molar-refractivity contribution in [3.63, 3.8) is 0 Å². The van der Waals surface area contributed by atoms with Gasteiger partial charge in [0.25, 0.3) is 0 Å². The zero-order chi connectivity index (χ0) is 14.5. The van der Waals surface area contributed by atoms with E-state index in [-0.39, 0.29) is 5.38 Å². The molecule has 0 aliphatic heterocycles. The molecular formula is C18H16ClN. The van der Waals surface area contributed by atoms with Gasteiger partial charge in [-0.3, -0.25) is 0 Å². The molecule has 0 aromatic heterocycles. The van der Waals surface area contributed by atoms with Gasteiger partial charge >= 0.3 is 0 Å². The lowest BCUT2D eigenvalue weighted by molar-refractivity contribution is 1.11. The van der Waals surface area contributed by atoms with Crippen LogP contribution in [0.3, 0.4) is 0 Å². The third-order valence-corrected chi connectivity index (χ3v) is 3.76. The van der Waals surface area contributed by atoms with E-state index in [0.717, 1.165) is 22.4 Å². The molecule has 0 amide bonds. The van der Waals surface area contributed by atoms with Gasteiger partial charge in [-0.2, -0.15) is 0 Å². The van der Waals surface area contributed by atoms with E-state index in [2.05, 4.69) is 42.1 Å². The van der Waals surface area contributed by atoms with Crippen LogP contribution < -0.4 is 0 Å². The Morgan fingerprint density at radius 3 is 2.50 bits per heavy atom. The van der Waals surface area contributed by atoms with Crippen LogP contribution in [0.2, 0.25) is 0 Å². The van der Waals surface area contributed by atoms with E-state index in [0.29, 0.717) is 0 Å². The Kier molecular flexibility index (Phi) is 4.61. The summed E-state index contributed by atoms with van der Waals surface area (Å²) >= 11 is 6.60. The molecule has 0 N–H and O–H groups in total. The van der Waals surface area contributed by atoms with Crippen molar-refractivity contribution in [2.75, 3.05) is 0 Å². The van der Waals surface area contributed by atoms with Crippen LogP contribution in [-0.2, 0) is 0 Å². The van der Waals surface area contributed by atoms with E-state index in [1.54, 1.807) is 0 Å². The van der Waals surface area contributed by atoms with Crippen molar-refractivity contribution in [3.05, 3.63) is 64.7 Å². The van der Waals surface area contributed by atoms with Crippen LogP contribution in [0.25, 0.3) is 0 Å². The number of halogens is 1. The lowest BCUT2D eigenvalue weighted by atomic mass is 9.98. The van der Waals surface area contributed by atoms with Crippen molar-refractivity contribution in [3.8, 4) is 12.3 Å². The monoisotopic (exact) mass is 281 g/mol. The highest BCUT2D eigenvalue weighted by Gasteiger charge is 2.14. The first-order valence-corrected chi connectivity index (χ1v) is 6.86. The van der Waals surface area contributed by atoms with Gasteiger partial charge in [0.05, 0.1) is 17.3 Å². The van der Waals surface area contributed by atoms with E-state index >= 15 is 0 Å². The van der Waals surface area contributed by atoms with E-state index in [4.69, 9.17) is 18.0 Å². The molecule has 0 spiro atoms. The Bertz CT molecular complexity index is 663. The van der Waals surface area contributed by atoms with Gasteiger partial charge in [0.15, 0.2) is 0 Å². The summed E-state index contributed by atoms with van der Waals surface area (Å²) in [5, 5.41) is -0.184. The van der Waals surface area contributed by atoms with Crippen molar-refractivity contribution < 1.29 is 0 Å². The fourth-order valence-corrected chi connectivity index (χ4v) is 2.46. The minimum atomic E-state index is -0.184. The van der Waals surface area contributed by atoms with E-state index < -0.39 is 0 Å². The van der Waals surface area contributed by atoms with Gasteiger partial charge < -0.3 is 0 Å². The number of hydrogen-bond donors (Lipinski definition) is 0. The molecule has 0 aliphatic rings. The van der Waals surface area contributed by atoms with Crippen molar-refractivity contribution in [1.82, 2.24) is 0 Å². The largest absolute Gasteiger partial charge is 0.248 e. The molecule has 1 nitrogen and oxygen atoms in total. The molecule has 2 aromatic rings. The van der Waals surface area contributed by atoms with Crippen molar-refractivity contribution in [2.45, 2.75) is 19.2 Å². The van der Waals surface area contributed by atoms with Gasteiger partial charge in [0, 0.05) is 0 Å². The lowest BCUT2D eigenvalue weighted by Gasteiger charge is -2.14. The van der Waals surface area contributed by atoms with Crippen molar-refractivity contribution >= 4 is 23.5 Å². The predicted octanol–water partition coefficient (Wildman–Crippen LogP) is 4.97. The van der Waals surface area contributed by atoms with Crippen LogP contribution in [0.4, 0.5) is 5.69 Å². The molecule has 0 aliphatic carbocycles. The van der Waals surface area contributed by atoms with E-state index in [9.17, 15) is 0 Å². The second-order valence-corrected chi connectivity index (χ2v) is 5.13. The summed E-state index contributed by atoms with van der Waals surface area (Å²) < 4.78 is 0. The number of aryl methyl sites for hydroxylation is 1. The highest BCUT2D eigenvalue weighted by atomic mass is 35.5. The number of hydrogen-bond acceptors (Lipinski definition) is 1. The number of terminal acetylenes is 1. The van der Waals surface area contributed by atoms with Crippen molar-refractivity contribution in [1.29, 1.82) is 0 Å². The minimum Gasteiger partial charge on any atom is -0.248 e. The predicted molar refractivity (Wildman–Crippen MR) is 87.0 cm³/mol. The minimum absolute atomic E-state index is 0.184. The normalized spacial score (nSPS) is 12.3. The zero-order valence-electron chi connectivity index (χ0n) is 11.6. The molecule has 1 unspecified atom stereocenters. The molecule has 0 radical (unpaired) electrons. The molecule has 2 rings (SSSR count). The summed E-state index contributed by atoms with van der Waals surface area (Å²) in [7, 11) is 0. The third-order valence-electron chi connectivity index (χ3n) is 3.27. The number of benzene rings is 2. The zero-order valence-corrected chi connectivity index (χ0v) is 12.4. The standard InChI is InChI=1S/C18H16ClN/c1-4-12-20-17-7-5-6-16(14(17)3)18(19)15-10-8-13(2)9-11-15/h1,5-12,18H,2-3H3. The molecule has 0 heterocycles. The Hall–Kier alpha value is -2.04. The molecular weight excluding hydrogens is 266 g/mol. The Labute approximate surface area is 125 Å². The Morgan fingerprint density at radius 1 is 1.15 bits per heavy atom. The molecule has 100 valence electrons. The van der Waals surface area contributed by atoms with E-state index in [1.165, 1.54) is 11.8 Å². The average molecular weight is 282 g/mol. The lowest BCUT2D eigenvalue weighted by Crippen LogP contribution is -1.96. The Morgan fingerprint density at radius 2 is 1.85 bits per heavy atom. The van der Waals surface area contributed by atoms with Crippen LogP contribution in [0.15, 0.2) is 47.5 Å². The molecule has 0 bridgehead atoms. The Balaban J connectivity index is 2.40. The van der Waals surface area contributed by atoms with Gasteiger partial charge in [-0.1, -0.05) is 47.9 Å². The maximum absolute atomic E-state index is 6.60. The molecule has 1 atom stereocenters. The average Bonchev–Trinajstić information content (AvgIpc) is 2.46. The second-order valence-electron chi connectivity index (χ2n) is 4.69. The van der Waals surface area contributed by atoms with Crippen LogP contribution in [-0.4, -0.2) is 6.21 Å². The fourth-order valence-electron chi connectivity index (χ4n) is 2.08. The first-order chi connectivity index (χ1) is 9.63. The molecule has 2 aromatic carbocycles. The third kappa shape index (κ3) is 3.10. The smallest absolute Gasteiger partial charge is 0.0838 e. The summed E-state index contributed by atoms with van der Waals surface area (Å²) in [5.41, 5.74) is 5.28. The quantitative estimate of drug-likeness (QED) is 0.428. The van der Waals surface area contributed by atoms with Gasteiger partial charge in [0.2, 0.25) is 0 Å². The van der Waals surface area contributed by atoms with Crippen LogP contribution in [0, 0.1) is 26.2 Å².